The fraction of sp³-hybridized carbons (Fsp3) is 0.200. The molecule has 22 heavy (non-hydrogen) atoms. The standard InChI is InChI=1S/C15H14N4O2S/c1-10-17-12(9-22-10)15-18-13(19-21-15)7-14(20)16-8-11-5-3-2-4-6-11/h2-6,9H,7-8H2,1H3,(H,16,20). The van der Waals surface area contributed by atoms with Crippen LogP contribution in [0.15, 0.2) is 40.2 Å². The van der Waals surface area contributed by atoms with Gasteiger partial charge >= 0.3 is 0 Å². The molecule has 1 N–H and O–H groups in total. The van der Waals surface area contributed by atoms with Crippen LogP contribution in [-0.2, 0) is 17.8 Å². The molecule has 1 aromatic carbocycles. The van der Waals surface area contributed by atoms with Crippen LogP contribution in [0.5, 0.6) is 0 Å². The van der Waals surface area contributed by atoms with E-state index in [4.69, 9.17) is 4.52 Å². The number of carbonyl (C=O) groups excluding carboxylic acids is 1. The zero-order valence-corrected chi connectivity index (χ0v) is 12.8. The molecule has 0 bridgehead atoms. The summed E-state index contributed by atoms with van der Waals surface area (Å²) in [5, 5.41) is 9.42. The number of hydrogen-bond donors (Lipinski definition) is 1. The molecule has 7 heteroatoms. The number of amides is 1. The van der Waals surface area contributed by atoms with Crippen molar-refractivity contribution in [2.45, 2.75) is 19.9 Å². The highest BCUT2D eigenvalue weighted by Gasteiger charge is 2.14. The summed E-state index contributed by atoms with van der Waals surface area (Å²) in [6, 6.07) is 9.71. The summed E-state index contributed by atoms with van der Waals surface area (Å²) in [6.07, 6.45) is 0.0828. The molecule has 3 aromatic rings. The first-order chi connectivity index (χ1) is 10.7. The van der Waals surface area contributed by atoms with Gasteiger partial charge in [-0.2, -0.15) is 4.98 Å². The van der Waals surface area contributed by atoms with Crippen molar-refractivity contribution in [2.75, 3.05) is 0 Å². The van der Waals surface area contributed by atoms with Crippen LogP contribution < -0.4 is 5.32 Å². The number of nitrogens with one attached hydrogen (secondary N) is 1. The van der Waals surface area contributed by atoms with Gasteiger partial charge in [-0.05, 0) is 12.5 Å². The van der Waals surface area contributed by atoms with Crippen LogP contribution >= 0.6 is 11.3 Å². The average molecular weight is 314 g/mol. The molecule has 2 aromatic heterocycles. The van der Waals surface area contributed by atoms with Gasteiger partial charge in [0.25, 0.3) is 5.89 Å². The summed E-state index contributed by atoms with van der Waals surface area (Å²) in [5.41, 5.74) is 1.69. The fourth-order valence-electron chi connectivity index (χ4n) is 1.89. The third-order valence-corrected chi connectivity index (χ3v) is 3.73. The second-order valence-corrected chi connectivity index (χ2v) is 5.77. The first kappa shape index (κ1) is 14.4. The topological polar surface area (TPSA) is 80.9 Å². The Morgan fingerprint density at radius 2 is 2.09 bits per heavy atom. The molecule has 0 spiro atoms. The highest BCUT2D eigenvalue weighted by Crippen LogP contribution is 2.19. The van der Waals surface area contributed by atoms with Crippen molar-refractivity contribution in [3.8, 4) is 11.6 Å². The molecule has 1 amide bonds. The predicted molar refractivity (Wildman–Crippen MR) is 82.1 cm³/mol. The summed E-state index contributed by atoms with van der Waals surface area (Å²) >= 11 is 1.51. The van der Waals surface area contributed by atoms with E-state index in [1.165, 1.54) is 11.3 Å². The minimum Gasteiger partial charge on any atom is -0.352 e. The third kappa shape index (κ3) is 3.56. The van der Waals surface area contributed by atoms with E-state index in [-0.39, 0.29) is 12.3 Å². The van der Waals surface area contributed by atoms with Crippen molar-refractivity contribution in [1.82, 2.24) is 20.4 Å². The lowest BCUT2D eigenvalue weighted by Crippen LogP contribution is -2.24. The molecule has 3 rings (SSSR count). The number of carbonyl (C=O) groups is 1. The zero-order valence-electron chi connectivity index (χ0n) is 11.9. The monoisotopic (exact) mass is 314 g/mol. The molecule has 0 aliphatic heterocycles. The van der Waals surface area contributed by atoms with E-state index in [0.717, 1.165) is 10.6 Å². The molecule has 0 radical (unpaired) electrons. The maximum absolute atomic E-state index is 11.9. The van der Waals surface area contributed by atoms with E-state index in [1.807, 2.05) is 42.6 Å². The maximum Gasteiger partial charge on any atom is 0.277 e. The largest absolute Gasteiger partial charge is 0.352 e. The number of rotatable bonds is 5. The molecule has 6 nitrogen and oxygen atoms in total. The smallest absolute Gasteiger partial charge is 0.277 e. The van der Waals surface area contributed by atoms with Crippen molar-refractivity contribution in [1.29, 1.82) is 0 Å². The van der Waals surface area contributed by atoms with Crippen LogP contribution in [0.1, 0.15) is 16.4 Å². The average Bonchev–Trinajstić information content (AvgIpc) is 3.15. The molecule has 0 atom stereocenters. The Morgan fingerprint density at radius 1 is 1.27 bits per heavy atom. The van der Waals surface area contributed by atoms with Gasteiger partial charge in [0.05, 0.1) is 11.4 Å². The van der Waals surface area contributed by atoms with Gasteiger partial charge in [0.15, 0.2) is 5.82 Å². The molecule has 0 saturated heterocycles. The summed E-state index contributed by atoms with van der Waals surface area (Å²) in [5.74, 6) is 0.548. The van der Waals surface area contributed by atoms with E-state index in [1.54, 1.807) is 0 Å². The summed E-state index contributed by atoms with van der Waals surface area (Å²) in [6.45, 7) is 2.39. The van der Waals surface area contributed by atoms with Crippen LogP contribution in [0.4, 0.5) is 0 Å². The van der Waals surface area contributed by atoms with Crippen molar-refractivity contribution in [2.24, 2.45) is 0 Å². The van der Waals surface area contributed by atoms with Crippen LogP contribution in [-0.4, -0.2) is 21.0 Å². The Morgan fingerprint density at radius 3 is 2.82 bits per heavy atom. The SMILES string of the molecule is Cc1nc(-c2nc(CC(=O)NCc3ccccc3)no2)cs1. The molecule has 2 heterocycles. The Bertz CT molecular complexity index is 767. The molecular weight excluding hydrogens is 300 g/mol. The quantitative estimate of drug-likeness (QED) is 0.782. The van der Waals surface area contributed by atoms with E-state index in [9.17, 15) is 4.79 Å². The summed E-state index contributed by atoms with van der Waals surface area (Å²) in [7, 11) is 0. The van der Waals surface area contributed by atoms with Gasteiger partial charge in [0.2, 0.25) is 5.91 Å². The molecule has 0 fully saturated rings. The van der Waals surface area contributed by atoms with E-state index < -0.39 is 0 Å². The van der Waals surface area contributed by atoms with E-state index >= 15 is 0 Å². The summed E-state index contributed by atoms with van der Waals surface area (Å²) in [4.78, 5) is 20.4. The van der Waals surface area contributed by atoms with Gasteiger partial charge in [-0.25, -0.2) is 4.98 Å². The number of thiazole rings is 1. The highest BCUT2D eigenvalue weighted by atomic mass is 32.1. The van der Waals surface area contributed by atoms with E-state index in [2.05, 4.69) is 20.4 Å². The van der Waals surface area contributed by atoms with Crippen molar-refractivity contribution >= 4 is 17.2 Å². The number of aromatic nitrogens is 3. The first-order valence-corrected chi connectivity index (χ1v) is 7.64. The Balaban J connectivity index is 1.57. The third-order valence-electron chi connectivity index (χ3n) is 2.96. The maximum atomic E-state index is 11.9. The predicted octanol–water partition coefficient (Wildman–Crippen LogP) is 2.36. The van der Waals surface area contributed by atoms with E-state index in [0.29, 0.717) is 24.0 Å². The second kappa shape index (κ2) is 6.48. The Hall–Kier alpha value is -2.54. The minimum atomic E-state index is -0.148. The van der Waals surface area contributed by atoms with Gasteiger partial charge in [0, 0.05) is 11.9 Å². The number of aryl methyl sites for hydroxylation is 1. The normalized spacial score (nSPS) is 10.6. The molecule has 0 aliphatic carbocycles. The zero-order chi connectivity index (χ0) is 15.4. The van der Waals surface area contributed by atoms with Gasteiger partial charge in [-0.15, -0.1) is 11.3 Å². The minimum absolute atomic E-state index is 0.0828. The van der Waals surface area contributed by atoms with Crippen LogP contribution in [0, 0.1) is 6.92 Å². The lowest BCUT2D eigenvalue weighted by molar-refractivity contribution is -0.120. The lowest BCUT2D eigenvalue weighted by Gasteiger charge is -2.03. The van der Waals surface area contributed by atoms with Gasteiger partial charge in [0.1, 0.15) is 5.69 Å². The fourth-order valence-corrected chi connectivity index (χ4v) is 2.48. The van der Waals surface area contributed by atoms with Crippen LogP contribution in [0.2, 0.25) is 0 Å². The van der Waals surface area contributed by atoms with Crippen molar-refractivity contribution < 1.29 is 9.32 Å². The second-order valence-electron chi connectivity index (χ2n) is 4.71. The lowest BCUT2D eigenvalue weighted by atomic mass is 10.2. The number of nitrogens with zero attached hydrogens (tertiary/aromatic N) is 3. The highest BCUT2D eigenvalue weighted by molar-refractivity contribution is 7.09. The van der Waals surface area contributed by atoms with Crippen LogP contribution in [0.3, 0.4) is 0 Å². The van der Waals surface area contributed by atoms with Crippen LogP contribution in [0.25, 0.3) is 11.6 Å². The molecular formula is C15H14N4O2S. The number of hydrogen-bond acceptors (Lipinski definition) is 6. The Kier molecular flexibility index (Phi) is 4.24. The molecule has 0 unspecified atom stereocenters. The van der Waals surface area contributed by atoms with Gasteiger partial charge in [-0.1, -0.05) is 35.5 Å². The van der Waals surface area contributed by atoms with Crippen molar-refractivity contribution in [3.05, 3.63) is 52.1 Å². The molecule has 0 saturated carbocycles. The first-order valence-electron chi connectivity index (χ1n) is 6.76. The molecule has 0 aliphatic rings. The molecule has 112 valence electrons. The summed E-state index contributed by atoms with van der Waals surface area (Å²) < 4.78 is 5.13. The Labute approximate surface area is 131 Å². The van der Waals surface area contributed by atoms with Crippen molar-refractivity contribution in [3.63, 3.8) is 0 Å². The van der Waals surface area contributed by atoms with Gasteiger partial charge < -0.3 is 9.84 Å². The number of benzene rings is 1. The van der Waals surface area contributed by atoms with Gasteiger partial charge in [-0.3, -0.25) is 4.79 Å².